The van der Waals surface area contributed by atoms with E-state index >= 15 is 0 Å². The summed E-state index contributed by atoms with van der Waals surface area (Å²) in [6.07, 6.45) is 1.82. The minimum atomic E-state index is -0.242. The molecule has 0 unspecified atom stereocenters. The number of nitrogens with zero attached hydrogens (tertiary/aromatic N) is 5. The van der Waals surface area contributed by atoms with Gasteiger partial charge in [-0.3, -0.25) is 0 Å². The van der Waals surface area contributed by atoms with E-state index in [1.807, 2.05) is 31.7 Å². The molecule has 1 aliphatic rings. The number of piperazine rings is 1. The van der Waals surface area contributed by atoms with Gasteiger partial charge in [0.2, 0.25) is 0 Å². The zero-order chi connectivity index (χ0) is 17.8. The topological polar surface area (TPSA) is 61.0 Å². The molecule has 134 valence electrons. The van der Waals surface area contributed by atoms with E-state index in [1.165, 1.54) is 6.07 Å². The van der Waals surface area contributed by atoms with Crippen LogP contribution in [0.2, 0.25) is 0 Å². The van der Waals surface area contributed by atoms with E-state index in [9.17, 15) is 4.39 Å². The lowest BCUT2D eigenvalue weighted by atomic mass is 10.2. The maximum absolute atomic E-state index is 14.0. The number of anilines is 2. The van der Waals surface area contributed by atoms with Crippen LogP contribution in [0.15, 0.2) is 34.8 Å². The molecule has 0 spiro atoms. The Kier molecular flexibility index (Phi) is 5.37. The molecule has 0 bridgehead atoms. The Labute approximate surface area is 151 Å². The second kappa shape index (κ2) is 7.69. The van der Waals surface area contributed by atoms with Gasteiger partial charge in [0.25, 0.3) is 0 Å². The number of rotatable bonds is 4. The number of benzene rings is 1. The molecule has 2 N–H and O–H groups in total. The zero-order valence-corrected chi connectivity index (χ0v) is 15.3. The van der Waals surface area contributed by atoms with E-state index in [2.05, 4.69) is 19.8 Å². The average molecular weight is 362 g/mol. The highest BCUT2D eigenvalue weighted by atomic mass is 32.1. The molecular weight excluding hydrogens is 339 g/mol. The maximum atomic E-state index is 14.0. The number of aliphatic imine (C=N–C) groups is 1. The Morgan fingerprint density at radius 1 is 1.32 bits per heavy atom. The second-order valence-electron chi connectivity index (χ2n) is 6.14. The molecule has 0 amide bonds. The van der Waals surface area contributed by atoms with Gasteiger partial charge in [-0.2, -0.15) is 0 Å². The van der Waals surface area contributed by atoms with Crippen molar-refractivity contribution in [2.24, 2.45) is 10.7 Å². The fraction of sp³-hybridized carbons (Fsp3) is 0.412. The second-order valence-corrected chi connectivity index (χ2v) is 7.02. The third-order valence-corrected chi connectivity index (χ3v) is 5.04. The third kappa shape index (κ3) is 4.19. The minimum absolute atomic E-state index is 0.242. The Hall–Kier alpha value is -2.35. The molecule has 0 radical (unpaired) electrons. The summed E-state index contributed by atoms with van der Waals surface area (Å²) in [4.78, 5) is 14.8. The number of thiazole rings is 1. The first-order valence-corrected chi connectivity index (χ1v) is 9.07. The van der Waals surface area contributed by atoms with Crippen molar-refractivity contribution < 1.29 is 4.39 Å². The first-order chi connectivity index (χ1) is 12.0. The summed E-state index contributed by atoms with van der Waals surface area (Å²) in [5.41, 5.74) is 7.50. The van der Waals surface area contributed by atoms with Crippen molar-refractivity contribution in [2.45, 2.75) is 6.54 Å². The van der Waals surface area contributed by atoms with E-state index < -0.39 is 0 Å². The van der Waals surface area contributed by atoms with Crippen LogP contribution >= 0.6 is 11.3 Å². The van der Waals surface area contributed by atoms with Crippen molar-refractivity contribution in [1.82, 2.24) is 9.88 Å². The van der Waals surface area contributed by atoms with Gasteiger partial charge < -0.3 is 20.4 Å². The number of hydrogen-bond acceptors (Lipinski definition) is 5. The molecule has 3 rings (SSSR count). The number of hydrogen-bond donors (Lipinski definition) is 1. The highest BCUT2D eigenvalue weighted by Gasteiger charge is 2.19. The molecule has 0 atom stereocenters. The summed E-state index contributed by atoms with van der Waals surface area (Å²) in [5, 5.41) is 3.03. The van der Waals surface area contributed by atoms with E-state index in [4.69, 9.17) is 5.73 Å². The highest BCUT2D eigenvalue weighted by molar-refractivity contribution is 7.13. The molecule has 25 heavy (non-hydrogen) atoms. The van der Waals surface area contributed by atoms with Gasteiger partial charge in [-0.05, 0) is 17.7 Å². The number of nitrogens with two attached hydrogens (primary N) is 1. The van der Waals surface area contributed by atoms with Crippen LogP contribution in [0.3, 0.4) is 0 Å². The summed E-state index contributed by atoms with van der Waals surface area (Å²) in [7, 11) is 3.64. The molecule has 1 aromatic carbocycles. The summed E-state index contributed by atoms with van der Waals surface area (Å²) in [5.74, 6) is 0.268. The van der Waals surface area contributed by atoms with E-state index in [-0.39, 0.29) is 5.82 Å². The molecule has 1 aliphatic heterocycles. The van der Waals surface area contributed by atoms with Crippen LogP contribution in [-0.4, -0.2) is 56.1 Å². The quantitative estimate of drug-likeness (QED) is 0.666. The van der Waals surface area contributed by atoms with E-state index in [0.717, 1.165) is 36.9 Å². The number of guanidine groups is 1. The van der Waals surface area contributed by atoms with Gasteiger partial charge in [0.15, 0.2) is 11.1 Å². The Morgan fingerprint density at radius 2 is 2.08 bits per heavy atom. The predicted octanol–water partition coefficient (Wildman–Crippen LogP) is 1.99. The van der Waals surface area contributed by atoms with Crippen LogP contribution in [0.25, 0.3) is 0 Å². The summed E-state index contributed by atoms with van der Waals surface area (Å²) < 4.78 is 14.0. The Bertz CT molecular complexity index is 723. The Morgan fingerprint density at radius 3 is 2.68 bits per heavy atom. The first kappa shape index (κ1) is 17.5. The minimum Gasteiger partial charge on any atom is -0.375 e. The van der Waals surface area contributed by atoms with Crippen molar-refractivity contribution >= 4 is 28.1 Å². The van der Waals surface area contributed by atoms with Crippen LogP contribution in [-0.2, 0) is 6.54 Å². The molecule has 1 saturated heterocycles. The number of halogens is 1. The van der Waals surface area contributed by atoms with Crippen molar-refractivity contribution in [1.29, 1.82) is 0 Å². The van der Waals surface area contributed by atoms with E-state index in [0.29, 0.717) is 18.2 Å². The fourth-order valence-electron chi connectivity index (χ4n) is 2.78. The first-order valence-electron chi connectivity index (χ1n) is 8.19. The van der Waals surface area contributed by atoms with Gasteiger partial charge in [-0.1, -0.05) is 6.07 Å². The summed E-state index contributed by atoms with van der Waals surface area (Å²) in [6, 6.07) is 5.17. The normalized spacial score (nSPS) is 15.6. The third-order valence-electron chi connectivity index (χ3n) is 4.21. The largest absolute Gasteiger partial charge is 0.375 e. The van der Waals surface area contributed by atoms with Gasteiger partial charge in [-0.25, -0.2) is 14.4 Å². The van der Waals surface area contributed by atoms with Gasteiger partial charge in [0.1, 0.15) is 5.82 Å². The molecule has 8 heteroatoms. The molecule has 0 aliphatic carbocycles. The van der Waals surface area contributed by atoms with Crippen LogP contribution in [0.4, 0.5) is 15.2 Å². The lowest BCUT2D eigenvalue weighted by Crippen LogP contribution is -2.51. The SMILES string of the molecule is CN(C)c1ccc(CN=C(N)N2CCN(c3nccs3)CC2)cc1F. The predicted molar refractivity (Wildman–Crippen MR) is 102 cm³/mol. The van der Waals surface area contributed by atoms with Crippen LogP contribution in [0, 0.1) is 5.82 Å². The lowest BCUT2D eigenvalue weighted by Gasteiger charge is -2.35. The fourth-order valence-corrected chi connectivity index (χ4v) is 3.48. The summed E-state index contributed by atoms with van der Waals surface area (Å²) >= 11 is 1.65. The highest BCUT2D eigenvalue weighted by Crippen LogP contribution is 2.20. The van der Waals surface area contributed by atoms with Crippen molar-refractivity contribution in [3.05, 3.63) is 41.2 Å². The molecule has 1 aromatic heterocycles. The number of aromatic nitrogens is 1. The standard InChI is InChI=1S/C17H23FN6S/c1-22(2)15-4-3-13(11-14(15)18)12-21-16(19)23-6-8-24(9-7-23)17-20-5-10-25-17/h3-5,10-11H,6-9,12H2,1-2H3,(H2,19,21). The van der Waals surface area contributed by atoms with Crippen LogP contribution in [0.1, 0.15) is 5.56 Å². The molecule has 0 saturated carbocycles. The van der Waals surface area contributed by atoms with Gasteiger partial charge in [0, 0.05) is 51.9 Å². The molecular formula is C17H23FN6S. The lowest BCUT2D eigenvalue weighted by molar-refractivity contribution is 0.380. The average Bonchev–Trinajstić information content (AvgIpc) is 3.14. The molecule has 2 aromatic rings. The van der Waals surface area contributed by atoms with Gasteiger partial charge in [0.05, 0.1) is 12.2 Å². The van der Waals surface area contributed by atoms with E-state index in [1.54, 1.807) is 22.3 Å². The van der Waals surface area contributed by atoms with Crippen molar-refractivity contribution in [3.8, 4) is 0 Å². The molecule has 2 heterocycles. The maximum Gasteiger partial charge on any atom is 0.191 e. The van der Waals surface area contributed by atoms with Crippen LogP contribution < -0.4 is 15.5 Å². The molecule has 1 fully saturated rings. The van der Waals surface area contributed by atoms with Crippen molar-refractivity contribution in [2.75, 3.05) is 50.1 Å². The van der Waals surface area contributed by atoms with Crippen molar-refractivity contribution in [3.63, 3.8) is 0 Å². The smallest absolute Gasteiger partial charge is 0.191 e. The Balaban J connectivity index is 1.56. The van der Waals surface area contributed by atoms with Gasteiger partial charge in [-0.15, -0.1) is 11.3 Å². The summed E-state index contributed by atoms with van der Waals surface area (Å²) in [6.45, 7) is 3.74. The monoisotopic (exact) mass is 362 g/mol. The molecule has 6 nitrogen and oxygen atoms in total. The zero-order valence-electron chi connectivity index (χ0n) is 14.5. The van der Waals surface area contributed by atoms with Gasteiger partial charge >= 0.3 is 0 Å². The van der Waals surface area contributed by atoms with Crippen LogP contribution in [0.5, 0.6) is 0 Å².